The number of carbonyl (C=O) groups is 2. The molecule has 8 heteroatoms. The molecular weight excluding hydrogens is 402 g/mol. The maximum atomic E-state index is 12.8. The van der Waals surface area contributed by atoms with Crippen LogP contribution in [0.25, 0.3) is 5.00 Å². The molecule has 3 rings (SSSR count). The second kappa shape index (κ2) is 9.49. The van der Waals surface area contributed by atoms with Gasteiger partial charge in [0.25, 0.3) is 11.8 Å². The van der Waals surface area contributed by atoms with Crippen molar-refractivity contribution in [2.75, 3.05) is 6.61 Å². The van der Waals surface area contributed by atoms with Crippen LogP contribution < -0.4 is 20.3 Å². The smallest absolute Gasteiger partial charge is 0.279 e. The van der Waals surface area contributed by atoms with Crippen LogP contribution in [0.5, 0.6) is 11.5 Å². The molecule has 0 aliphatic rings. The maximum absolute atomic E-state index is 12.8. The Labute approximate surface area is 179 Å². The highest BCUT2D eigenvalue weighted by Gasteiger charge is 2.22. The summed E-state index contributed by atoms with van der Waals surface area (Å²) in [5.41, 5.74) is 6.37. The summed E-state index contributed by atoms with van der Waals surface area (Å²) in [6.45, 7) is 7.96. The largest absolute Gasteiger partial charge is 0.494 e. The fraction of sp³-hybridized carbons (Fsp3) is 0.273. The molecule has 2 aromatic heterocycles. The van der Waals surface area contributed by atoms with Gasteiger partial charge in [-0.05, 0) is 69.7 Å². The van der Waals surface area contributed by atoms with Gasteiger partial charge in [0.1, 0.15) is 16.5 Å². The summed E-state index contributed by atoms with van der Waals surface area (Å²) in [6, 6.07) is 10.8. The molecule has 1 atom stereocenters. The fourth-order valence-corrected chi connectivity index (χ4v) is 3.97. The quantitative estimate of drug-likeness (QED) is 0.562. The molecule has 30 heavy (non-hydrogen) atoms. The zero-order valence-corrected chi connectivity index (χ0v) is 18.2. The van der Waals surface area contributed by atoms with E-state index in [0.717, 1.165) is 21.2 Å². The van der Waals surface area contributed by atoms with E-state index in [-0.39, 0.29) is 5.91 Å². The van der Waals surface area contributed by atoms with Gasteiger partial charge in [-0.3, -0.25) is 20.4 Å². The van der Waals surface area contributed by atoms with Crippen LogP contribution in [0.4, 0.5) is 0 Å². The van der Waals surface area contributed by atoms with Crippen molar-refractivity contribution < 1.29 is 19.1 Å². The van der Waals surface area contributed by atoms with Gasteiger partial charge in [-0.1, -0.05) is 0 Å². The number of hydrazine groups is 1. The average molecular weight is 428 g/mol. The molecular formula is C22H25N3O4S. The Morgan fingerprint density at radius 1 is 1.07 bits per heavy atom. The number of ether oxygens (including phenoxy) is 2. The summed E-state index contributed by atoms with van der Waals surface area (Å²) in [6.07, 6.45) is 2.97. The van der Waals surface area contributed by atoms with Crippen LogP contribution in [-0.2, 0) is 4.79 Å². The van der Waals surface area contributed by atoms with Crippen molar-refractivity contribution in [2.24, 2.45) is 0 Å². The molecule has 0 saturated heterocycles. The molecule has 1 aromatic carbocycles. The monoisotopic (exact) mass is 427 g/mol. The molecule has 0 aliphatic heterocycles. The first kappa shape index (κ1) is 21.4. The highest BCUT2D eigenvalue weighted by atomic mass is 32.1. The van der Waals surface area contributed by atoms with Crippen LogP contribution >= 0.6 is 11.3 Å². The lowest BCUT2D eigenvalue weighted by Gasteiger charge is -2.16. The Kier molecular flexibility index (Phi) is 6.79. The number of carbonyl (C=O) groups excluding carboxylic acids is 2. The van der Waals surface area contributed by atoms with Crippen molar-refractivity contribution in [3.63, 3.8) is 0 Å². The highest BCUT2D eigenvalue weighted by molar-refractivity contribution is 7.15. The maximum Gasteiger partial charge on any atom is 0.279 e. The van der Waals surface area contributed by atoms with Gasteiger partial charge in [0.2, 0.25) is 0 Å². The summed E-state index contributed by atoms with van der Waals surface area (Å²) >= 11 is 1.53. The number of hydrogen-bond donors (Lipinski definition) is 2. The van der Waals surface area contributed by atoms with Crippen molar-refractivity contribution in [3.8, 4) is 16.5 Å². The molecule has 2 N–H and O–H groups in total. The van der Waals surface area contributed by atoms with Crippen LogP contribution in [0.1, 0.15) is 34.6 Å². The zero-order chi connectivity index (χ0) is 21.7. The number of amides is 2. The summed E-state index contributed by atoms with van der Waals surface area (Å²) in [5, 5.41) is 0.806. The molecule has 3 aromatic rings. The fourth-order valence-electron chi connectivity index (χ4n) is 2.85. The predicted octanol–water partition coefficient (Wildman–Crippen LogP) is 3.78. The average Bonchev–Trinajstić information content (AvgIpc) is 3.36. The predicted molar refractivity (Wildman–Crippen MR) is 116 cm³/mol. The minimum absolute atomic E-state index is 0.373. The van der Waals surface area contributed by atoms with Crippen LogP contribution in [0.3, 0.4) is 0 Å². The van der Waals surface area contributed by atoms with E-state index in [2.05, 4.69) is 10.9 Å². The van der Waals surface area contributed by atoms with E-state index in [4.69, 9.17) is 9.47 Å². The zero-order valence-electron chi connectivity index (χ0n) is 17.4. The van der Waals surface area contributed by atoms with Crippen LogP contribution in [-0.4, -0.2) is 29.1 Å². The van der Waals surface area contributed by atoms with Crippen molar-refractivity contribution in [1.82, 2.24) is 15.4 Å². The lowest BCUT2D eigenvalue weighted by Crippen LogP contribution is -2.47. The second-order valence-electron chi connectivity index (χ2n) is 6.66. The number of nitrogens with zero attached hydrogens (tertiary/aromatic N) is 1. The third-order valence-electron chi connectivity index (χ3n) is 4.55. The molecule has 0 saturated carbocycles. The van der Waals surface area contributed by atoms with Crippen LogP contribution in [0.2, 0.25) is 0 Å². The Morgan fingerprint density at radius 2 is 1.70 bits per heavy atom. The van der Waals surface area contributed by atoms with E-state index in [0.29, 0.717) is 17.9 Å². The molecule has 0 bridgehead atoms. The van der Waals surface area contributed by atoms with E-state index in [1.54, 1.807) is 31.2 Å². The van der Waals surface area contributed by atoms with Gasteiger partial charge in [-0.25, -0.2) is 0 Å². The van der Waals surface area contributed by atoms with Gasteiger partial charge in [0, 0.05) is 17.3 Å². The summed E-state index contributed by atoms with van der Waals surface area (Å²) in [7, 11) is 0. The van der Waals surface area contributed by atoms with E-state index < -0.39 is 12.0 Å². The van der Waals surface area contributed by atoms with Gasteiger partial charge in [0.15, 0.2) is 6.10 Å². The van der Waals surface area contributed by atoms with Gasteiger partial charge >= 0.3 is 0 Å². The van der Waals surface area contributed by atoms with E-state index in [9.17, 15) is 9.59 Å². The first-order valence-electron chi connectivity index (χ1n) is 9.63. The number of nitrogens with one attached hydrogen (secondary N) is 2. The molecule has 0 aliphatic carbocycles. The molecule has 2 heterocycles. The Hall–Kier alpha value is -3.26. The van der Waals surface area contributed by atoms with Crippen LogP contribution in [0.15, 0.2) is 48.8 Å². The third kappa shape index (κ3) is 4.83. The number of aryl methyl sites for hydroxylation is 1. The Balaban J connectivity index is 1.61. The topological polar surface area (TPSA) is 81.6 Å². The van der Waals surface area contributed by atoms with Gasteiger partial charge in [-0.15, -0.1) is 11.3 Å². The molecule has 2 amide bonds. The summed E-state index contributed by atoms with van der Waals surface area (Å²) in [4.78, 5) is 26.2. The van der Waals surface area contributed by atoms with E-state index in [1.807, 2.05) is 49.9 Å². The number of thiophene rings is 1. The van der Waals surface area contributed by atoms with Crippen molar-refractivity contribution >= 4 is 23.2 Å². The van der Waals surface area contributed by atoms with Crippen molar-refractivity contribution in [2.45, 2.75) is 33.8 Å². The van der Waals surface area contributed by atoms with E-state index in [1.165, 1.54) is 11.3 Å². The minimum atomic E-state index is -0.794. The van der Waals surface area contributed by atoms with Crippen LogP contribution in [0, 0.1) is 13.8 Å². The number of rotatable bonds is 7. The number of hydrogen-bond acceptors (Lipinski definition) is 5. The minimum Gasteiger partial charge on any atom is -0.494 e. The molecule has 1 unspecified atom stereocenters. The summed E-state index contributed by atoms with van der Waals surface area (Å²) in [5.74, 6) is 0.437. The lowest BCUT2D eigenvalue weighted by atomic mass is 10.1. The Morgan fingerprint density at radius 3 is 2.33 bits per heavy atom. The molecule has 0 radical (unpaired) electrons. The van der Waals surface area contributed by atoms with E-state index >= 15 is 0 Å². The first-order chi connectivity index (χ1) is 14.4. The third-order valence-corrected chi connectivity index (χ3v) is 5.77. The SMILES string of the molecule is CCOc1ccc(OC(C)C(=O)NNC(=O)c2c(-n3cccc3)sc(C)c2C)cc1. The molecule has 0 spiro atoms. The Bertz CT molecular complexity index is 1010. The number of benzene rings is 1. The normalized spacial score (nSPS) is 11.6. The van der Waals surface area contributed by atoms with Gasteiger partial charge in [-0.2, -0.15) is 0 Å². The highest BCUT2D eigenvalue weighted by Crippen LogP contribution is 2.30. The number of aromatic nitrogens is 1. The van der Waals surface area contributed by atoms with Gasteiger partial charge < -0.3 is 14.0 Å². The summed E-state index contributed by atoms with van der Waals surface area (Å²) < 4.78 is 12.9. The molecule has 158 valence electrons. The van der Waals surface area contributed by atoms with Crippen molar-refractivity contribution in [3.05, 3.63) is 64.8 Å². The standard InChI is InChI=1S/C22H25N3O4S/c1-5-28-17-8-10-18(11-9-17)29-15(3)20(26)23-24-21(27)19-14(2)16(4)30-22(19)25-12-6-7-13-25/h6-13,15H,5H2,1-4H3,(H,23,26)(H,24,27). The second-order valence-corrected chi connectivity index (χ2v) is 7.86. The molecule has 7 nitrogen and oxygen atoms in total. The lowest BCUT2D eigenvalue weighted by molar-refractivity contribution is -0.128. The van der Waals surface area contributed by atoms with Gasteiger partial charge in [0.05, 0.1) is 12.2 Å². The van der Waals surface area contributed by atoms with Crippen molar-refractivity contribution in [1.29, 1.82) is 0 Å². The molecule has 0 fully saturated rings. The first-order valence-corrected chi connectivity index (χ1v) is 10.5.